The molecule has 0 N–H and O–H groups in total. The van der Waals surface area contributed by atoms with E-state index in [2.05, 4.69) is 39.3 Å². The molecule has 136 valence electrons. The van der Waals surface area contributed by atoms with E-state index in [9.17, 15) is 0 Å². The Balaban J connectivity index is 2.16. The van der Waals surface area contributed by atoms with Gasteiger partial charge in [0, 0.05) is 5.75 Å². The van der Waals surface area contributed by atoms with Crippen LogP contribution in [0.3, 0.4) is 0 Å². The molecular formula is C17H29NO4SSi. The van der Waals surface area contributed by atoms with Crippen molar-refractivity contribution in [2.45, 2.75) is 83.1 Å². The van der Waals surface area contributed by atoms with Crippen LogP contribution in [0.5, 0.6) is 0 Å². The number of hydrogen-bond acceptors (Lipinski definition) is 6. The normalized spacial score (nSPS) is 32.9. The first kappa shape index (κ1) is 20.0. The molecule has 2 aliphatic rings. The van der Waals surface area contributed by atoms with Crippen LogP contribution in [0.1, 0.15) is 34.6 Å². The second kappa shape index (κ2) is 7.10. The van der Waals surface area contributed by atoms with E-state index in [0.717, 1.165) is 0 Å². The summed E-state index contributed by atoms with van der Waals surface area (Å²) in [6.07, 6.45) is 2.87. The van der Waals surface area contributed by atoms with Gasteiger partial charge in [-0.3, -0.25) is 0 Å². The molecule has 0 radical (unpaired) electrons. The minimum atomic E-state index is -1.98. The Kier molecular flexibility index (Phi) is 5.90. The van der Waals surface area contributed by atoms with E-state index in [4.69, 9.17) is 23.9 Å². The van der Waals surface area contributed by atoms with E-state index in [1.165, 1.54) is 11.8 Å². The third kappa shape index (κ3) is 4.42. The zero-order valence-corrected chi connectivity index (χ0v) is 17.5. The smallest absolute Gasteiger partial charge is 0.192 e. The number of hydrogen-bond donors (Lipinski definition) is 0. The lowest BCUT2D eigenvalue weighted by atomic mass is 10.1. The molecule has 5 nitrogen and oxygen atoms in total. The average molecular weight is 372 g/mol. The summed E-state index contributed by atoms with van der Waals surface area (Å²) in [4.78, 5) is 0. The molecule has 2 heterocycles. The van der Waals surface area contributed by atoms with Gasteiger partial charge in [-0.2, -0.15) is 5.26 Å². The average Bonchev–Trinajstić information content (AvgIpc) is 2.87. The van der Waals surface area contributed by atoms with E-state index in [1.54, 1.807) is 0 Å². The Hall–Kier alpha value is -0.363. The molecule has 0 aromatic rings. The molecule has 0 aromatic carbocycles. The fourth-order valence-corrected chi connectivity index (χ4v) is 4.17. The van der Waals surface area contributed by atoms with Crippen LogP contribution >= 0.6 is 11.8 Å². The van der Waals surface area contributed by atoms with Gasteiger partial charge in [-0.1, -0.05) is 32.9 Å². The number of nitriles is 1. The molecule has 0 amide bonds. The fourth-order valence-electron chi connectivity index (χ4n) is 2.59. The second-order valence-corrected chi connectivity index (χ2v) is 13.8. The van der Waals surface area contributed by atoms with Crippen LogP contribution in [-0.4, -0.2) is 44.5 Å². The summed E-state index contributed by atoms with van der Waals surface area (Å²) < 4.78 is 24.6. The highest BCUT2D eigenvalue weighted by Crippen LogP contribution is 2.44. The van der Waals surface area contributed by atoms with Crippen molar-refractivity contribution >= 4 is 20.1 Å². The summed E-state index contributed by atoms with van der Waals surface area (Å²) in [7, 11) is -1.98. The van der Waals surface area contributed by atoms with E-state index in [-0.39, 0.29) is 23.4 Å². The summed E-state index contributed by atoms with van der Waals surface area (Å²) in [5.41, 5.74) is 0. The molecule has 7 heteroatoms. The van der Waals surface area contributed by atoms with Crippen molar-refractivity contribution in [3.63, 3.8) is 0 Å². The van der Waals surface area contributed by atoms with Crippen LogP contribution in [0.25, 0.3) is 0 Å². The quantitative estimate of drug-likeness (QED) is 0.315. The summed E-state index contributed by atoms with van der Waals surface area (Å²) in [5, 5.41) is 10.8. The van der Waals surface area contributed by atoms with Crippen LogP contribution in [0.15, 0.2) is 12.2 Å². The van der Waals surface area contributed by atoms with Gasteiger partial charge in [0.15, 0.2) is 20.4 Å². The fraction of sp³-hybridized carbons (Fsp3) is 0.824. The Morgan fingerprint density at radius 2 is 1.96 bits per heavy atom. The van der Waals surface area contributed by atoms with Crippen molar-refractivity contribution in [1.82, 2.24) is 0 Å². The second-order valence-electron chi connectivity index (χ2n) is 8.24. The van der Waals surface area contributed by atoms with Crippen molar-refractivity contribution in [1.29, 1.82) is 5.26 Å². The van der Waals surface area contributed by atoms with Gasteiger partial charge in [-0.25, -0.2) is 0 Å². The van der Waals surface area contributed by atoms with Crippen LogP contribution in [-0.2, 0) is 18.6 Å². The topological polar surface area (TPSA) is 60.7 Å². The maximum Gasteiger partial charge on any atom is 0.192 e. The number of ether oxygens (including phenoxy) is 3. The minimum Gasteiger partial charge on any atom is -0.408 e. The first-order valence-electron chi connectivity index (χ1n) is 8.33. The molecule has 2 aliphatic heterocycles. The number of thioether (sulfide) groups is 1. The zero-order valence-electron chi connectivity index (χ0n) is 15.7. The van der Waals surface area contributed by atoms with Gasteiger partial charge in [0.25, 0.3) is 0 Å². The lowest BCUT2D eigenvalue weighted by molar-refractivity contribution is -0.208. The number of fused-ring (bicyclic) bond motifs is 1. The van der Waals surface area contributed by atoms with Crippen LogP contribution in [0.4, 0.5) is 0 Å². The van der Waals surface area contributed by atoms with Gasteiger partial charge in [0.1, 0.15) is 23.7 Å². The van der Waals surface area contributed by atoms with Crippen molar-refractivity contribution < 1.29 is 18.6 Å². The van der Waals surface area contributed by atoms with Crippen LogP contribution in [0, 0.1) is 10.7 Å². The molecule has 2 saturated heterocycles. The van der Waals surface area contributed by atoms with Gasteiger partial charge in [0.05, 0.1) is 0 Å². The highest BCUT2D eigenvalue weighted by molar-refractivity contribution is 8.03. The summed E-state index contributed by atoms with van der Waals surface area (Å²) in [6.45, 7) is 14.9. The number of rotatable bonds is 5. The SMILES string of the molecule is CC1(C)O[C@H]2O[C@H](/C=C/CSC#N)[C@H](O[Si](C)(C)C(C)(C)C)[C@H]2O1. The van der Waals surface area contributed by atoms with Crippen LogP contribution in [0.2, 0.25) is 18.1 Å². The first-order chi connectivity index (χ1) is 11.0. The van der Waals surface area contributed by atoms with Crippen molar-refractivity contribution in [2.75, 3.05) is 5.75 Å². The summed E-state index contributed by atoms with van der Waals surface area (Å²) in [5.74, 6) is -0.0264. The molecule has 0 aromatic heterocycles. The minimum absolute atomic E-state index is 0.102. The van der Waals surface area contributed by atoms with Gasteiger partial charge in [-0.15, -0.1) is 0 Å². The Labute approximate surface area is 150 Å². The largest absolute Gasteiger partial charge is 0.408 e. The monoisotopic (exact) mass is 371 g/mol. The van der Waals surface area contributed by atoms with Crippen molar-refractivity contribution in [3.8, 4) is 5.40 Å². The number of nitrogens with zero attached hydrogens (tertiary/aromatic N) is 1. The molecule has 0 bridgehead atoms. The Morgan fingerprint density at radius 3 is 2.54 bits per heavy atom. The summed E-state index contributed by atoms with van der Waals surface area (Å²) >= 11 is 1.20. The van der Waals surface area contributed by atoms with Gasteiger partial charge < -0.3 is 18.6 Å². The van der Waals surface area contributed by atoms with Gasteiger partial charge in [0.2, 0.25) is 0 Å². The molecule has 0 unspecified atom stereocenters. The molecule has 0 aliphatic carbocycles. The standard InChI is InChI=1S/C17H29NO4SSi/c1-16(2,3)24(6,7)22-13-12(9-8-10-23-11-18)19-15-14(13)20-17(4,5)21-15/h8-9,12-15H,10H2,1-7H3/b9-8+/t12-,13+,14-,15-/m1/s1. The molecule has 4 atom stereocenters. The third-order valence-electron chi connectivity index (χ3n) is 4.83. The van der Waals surface area contributed by atoms with E-state index >= 15 is 0 Å². The molecular weight excluding hydrogens is 342 g/mol. The Morgan fingerprint density at radius 1 is 1.29 bits per heavy atom. The van der Waals surface area contributed by atoms with E-state index in [0.29, 0.717) is 5.75 Å². The highest BCUT2D eigenvalue weighted by atomic mass is 32.2. The van der Waals surface area contributed by atoms with E-state index < -0.39 is 20.4 Å². The Bertz CT molecular complexity index is 524. The maximum atomic E-state index is 8.63. The lowest BCUT2D eigenvalue weighted by Crippen LogP contribution is -2.49. The van der Waals surface area contributed by atoms with Gasteiger partial charge in [-0.05, 0) is 43.7 Å². The third-order valence-corrected chi connectivity index (χ3v) is 9.80. The predicted molar refractivity (Wildman–Crippen MR) is 98.0 cm³/mol. The molecule has 0 saturated carbocycles. The van der Waals surface area contributed by atoms with Crippen LogP contribution < -0.4 is 0 Å². The van der Waals surface area contributed by atoms with Crippen molar-refractivity contribution in [2.24, 2.45) is 0 Å². The molecule has 2 rings (SSSR count). The predicted octanol–water partition coefficient (Wildman–Crippen LogP) is 4.02. The lowest BCUT2D eigenvalue weighted by Gasteiger charge is -2.40. The number of thiocyanates is 1. The molecule has 24 heavy (non-hydrogen) atoms. The van der Waals surface area contributed by atoms with Gasteiger partial charge >= 0.3 is 0 Å². The van der Waals surface area contributed by atoms with Crippen molar-refractivity contribution in [3.05, 3.63) is 12.2 Å². The first-order valence-corrected chi connectivity index (χ1v) is 12.2. The van der Waals surface area contributed by atoms with E-state index in [1.807, 2.05) is 26.0 Å². The maximum absolute atomic E-state index is 8.63. The molecule has 2 fully saturated rings. The summed E-state index contributed by atoms with van der Waals surface area (Å²) in [6, 6.07) is 0. The zero-order chi connectivity index (χ0) is 18.2. The molecule has 0 spiro atoms. The highest BCUT2D eigenvalue weighted by Gasteiger charge is 2.56.